The van der Waals surface area contributed by atoms with Gasteiger partial charge in [0.2, 0.25) is 11.6 Å². The SMILES string of the molecule is C=NC(=O)O[C@H]1/C(C)=C/[C@H](C)C(O)[C@@H](OC)C[C@H](C)CC2=C(OC)C(=O)C=C(NC(=O)/C(C)=C/C=C\[C@@H]1OC)C2=O. The molecule has 224 valence electrons. The third kappa shape index (κ3) is 8.66. The Morgan fingerprint density at radius 1 is 1.12 bits per heavy atom. The maximum atomic E-state index is 13.3. The zero-order chi connectivity index (χ0) is 30.9. The molecule has 11 heteroatoms. The molecular formula is C30H40N2O9. The number of aliphatic hydroxyl groups excluding tert-OH is 1. The number of carbonyl (C=O) groups excluding carboxylic acids is 4. The molecule has 1 heterocycles. The van der Waals surface area contributed by atoms with Crippen LogP contribution in [0, 0.1) is 11.8 Å². The Bertz CT molecular complexity index is 1190. The number of aliphatic imine (C=N–C) groups is 1. The van der Waals surface area contributed by atoms with E-state index >= 15 is 0 Å². The summed E-state index contributed by atoms with van der Waals surface area (Å²) >= 11 is 0. The van der Waals surface area contributed by atoms with Crippen molar-refractivity contribution in [2.24, 2.45) is 16.8 Å². The summed E-state index contributed by atoms with van der Waals surface area (Å²) < 4.78 is 21.9. The van der Waals surface area contributed by atoms with Crippen molar-refractivity contribution in [3.8, 4) is 0 Å². The number of fused-ring (bicyclic) bond motifs is 2. The van der Waals surface area contributed by atoms with Crippen LogP contribution in [0.1, 0.15) is 40.5 Å². The average molecular weight is 573 g/mol. The fraction of sp³-hybridized carbons (Fsp3) is 0.500. The quantitative estimate of drug-likeness (QED) is 0.294. The van der Waals surface area contributed by atoms with Crippen LogP contribution in [0.25, 0.3) is 0 Å². The number of nitrogens with zero attached hydrogens (tertiary/aromatic N) is 1. The smallest absolute Gasteiger partial charge is 0.433 e. The minimum Gasteiger partial charge on any atom is -0.492 e. The van der Waals surface area contributed by atoms with Crippen LogP contribution < -0.4 is 5.32 Å². The Labute approximate surface area is 240 Å². The topological polar surface area (TPSA) is 150 Å². The molecule has 1 unspecified atom stereocenters. The number of aliphatic hydroxyl groups is 1. The van der Waals surface area contributed by atoms with Crippen LogP contribution in [0.5, 0.6) is 0 Å². The van der Waals surface area contributed by atoms with Crippen LogP contribution in [0.3, 0.4) is 0 Å². The largest absolute Gasteiger partial charge is 0.492 e. The van der Waals surface area contributed by atoms with Crippen molar-refractivity contribution in [3.63, 3.8) is 0 Å². The van der Waals surface area contributed by atoms with Gasteiger partial charge >= 0.3 is 6.09 Å². The molecule has 0 aromatic rings. The molecule has 6 atom stereocenters. The second kappa shape index (κ2) is 15.4. The zero-order valence-corrected chi connectivity index (χ0v) is 24.6. The van der Waals surface area contributed by atoms with Crippen molar-refractivity contribution in [2.45, 2.75) is 65.0 Å². The molecule has 2 aliphatic rings. The Morgan fingerprint density at radius 3 is 2.39 bits per heavy atom. The molecule has 0 spiro atoms. The number of ketones is 2. The van der Waals surface area contributed by atoms with Crippen molar-refractivity contribution in [1.82, 2.24) is 5.32 Å². The van der Waals surface area contributed by atoms with Gasteiger partial charge in [0.15, 0.2) is 11.9 Å². The van der Waals surface area contributed by atoms with Crippen LogP contribution in [0.4, 0.5) is 4.79 Å². The van der Waals surface area contributed by atoms with Gasteiger partial charge < -0.3 is 29.4 Å². The number of Topliss-reactive ketones (excluding diaryl/α,β-unsaturated/α-hetero) is 1. The fourth-order valence-corrected chi connectivity index (χ4v) is 4.80. The summed E-state index contributed by atoms with van der Waals surface area (Å²) in [6.07, 6.45) is 3.72. The van der Waals surface area contributed by atoms with E-state index in [1.807, 2.05) is 6.92 Å². The number of allylic oxidation sites excluding steroid dienone is 4. The Morgan fingerprint density at radius 2 is 1.80 bits per heavy atom. The molecule has 1 aliphatic carbocycles. The number of ether oxygens (including phenoxy) is 4. The molecule has 0 aromatic heterocycles. The molecule has 1 aliphatic heterocycles. The zero-order valence-electron chi connectivity index (χ0n) is 24.6. The summed E-state index contributed by atoms with van der Waals surface area (Å²) in [5, 5.41) is 13.7. The highest BCUT2D eigenvalue weighted by atomic mass is 16.6. The van der Waals surface area contributed by atoms with Gasteiger partial charge in [-0.15, -0.1) is 0 Å². The summed E-state index contributed by atoms with van der Waals surface area (Å²) in [4.78, 5) is 54.4. The van der Waals surface area contributed by atoms with E-state index in [9.17, 15) is 24.3 Å². The first kappa shape index (κ1) is 33.5. The van der Waals surface area contributed by atoms with Crippen molar-refractivity contribution in [1.29, 1.82) is 0 Å². The standard InChI is InChI=1S/C30H40N2O9/c1-16-12-20-26(35)21(15-22(33)28(20)40-8)32-29(36)17(2)10-9-11-23(38-6)27(41-30(37)31-5)19(4)14-18(3)25(34)24(13-16)39-7/h9-11,14-16,18,23-25,27,34H,5,12-13H2,1-4,6-8H3,(H,32,36)/b11-9-,17-10+,19-14+/t16-,18+,23+,24+,25?,27+/m1/s1. The van der Waals surface area contributed by atoms with Gasteiger partial charge in [-0.2, -0.15) is 4.99 Å². The lowest BCUT2D eigenvalue weighted by molar-refractivity contribution is -0.120. The van der Waals surface area contributed by atoms with Crippen LogP contribution in [-0.2, 0) is 33.3 Å². The lowest BCUT2D eigenvalue weighted by atomic mass is 9.85. The Balaban J connectivity index is 2.61. The predicted octanol–water partition coefficient (Wildman–Crippen LogP) is 3.15. The van der Waals surface area contributed by atoms with E-state index in [1.54, 1.807) is 32.1 Å². The van der Waals surface area contributed by atoms with E-state index in [0.717, 1.165) is 6.08 Å². The van der Waals surface area contributed by atoms with Gasteiger partial charge in [-0.1, -0.05) is 38.2 Å². The molecule has 2 rings (SSSR count). The number of nitrogens with one attached hydrogen (secondary N) is 1. The molecule has 0 fully saturated rings. The lowest BCUT2D eigenvalue weighted by Gasteiger charge is -2.29. The van der Waals surface area contributed by atoms with Gasteiger partial charge in [-0.3, -0.25) is 14.4 Å². The molecule has 0 aromatic carbocycles. The number of hydrogen-bond donors (Lipinski definition) is 2. The number of methoxy groups -OCH3 is 3. The van der Waals surface area contributed by atoms with Gasteiger partial charge in [0.1, 0.15) is 6.10 Å². The van der Waals surface area contributed by atoms with E-state index in [2.05, 4.69) is 17.0 Å². The first-order valence-electron chi connectivity index (χ1n) is 13.2. The van der Waals surface area contributed by atoms with Crippen LogP contribution >= 0.6 is 0 Å². The van der Waals surface area contributed by atoms with E-state index in [0.29, 0.717) is 12.0 Å². The van der Waals surface area contributed by atoms with Crippen molar-refractivity contribution >= 4 is 30.3 Å². The molecule has 0 saturated heterocycles. The summed E-state index contributed by atoms with van der Waals surface area (Å²) in [5.74, 6) is -2.40. The summed E-state index contributed by atoms with van der Waals surface area (Å²) in [7, 11) is 4.22. The van der Waals surface area contributed by atoms with Crippen LogP contribution in [-0.4, -0.2) is 81.1 Å². The van der Waals surface area contributed by atoms with Gasteiger partial charge in [0.25, 0.3) is 5.91 Å². The number of hydrogen-bond acceptors (Lipinski definition) is 9. The summed E-state index contributed by atoms with van der Waals surface area (Å²) in [6.45, 7) is 10.1. The van der Waals surface area contributed by atoms with E-state index in [1.165, 1.54) is 34.3 Å². The summed E-state index contributed by atoms with van der Waals surface area (Å²) in [6, 6.07) is 0. The molecule has 41 heavy (non-hydrogen) atoms. The number of carbonyl (C=O) groups is 4. The predicted molar refractivity (Wildman–Crippen MR) is 152 cm³/mol. The van der Waals surface area contributed by atoms with Crippen molar-refractivity contribution < 1.29 is 43.2 Å². The third-order valence-corrected chi connectivity index (χ3v) is 7.06. The van der Waals surface area contributed by atoms with Gasteiger partial charge in [0, 0.05) is 37.4 Å². The molecule has 2 N–H and O–H groups in total. The molecule has 11 nitrogen and oxygen atoms in total. The van der Waals surface area contributed by atoms with Gasteiger partial charge in [0.05, 0.1) is 25.0 Å². The van der Waals surface area contributed by atoms with E-state index in [-0.39, 0.29) is 34.9 Å². The maximum absolute atomic E-state index is 13.3. The first-order valence-corrected chi connectivity index (χ1v) is 13.2. The third-order valence-electron chi connectivity index (χ3n) is 7.06. The van der Waals surface area contributed by atoms with Crippen LogP contribution in [0.2, 0.25) is 0 Å². The first-order chi connectivity index (χ1) is 19.4. The minimum atomic E-state index is -0.968. The fourth-order valence-electron chi connectivity index (χ4n) is 4.80. The second-order valence-corrected chi connectivity index (χ2v) is 10.2. The second-order valence-electron chi connectivity index (χ2n) is 10.2. The molecule has 0 radical (unpaired) electrons. The van der Waals surface area contributed by atoms with Crippen molar-refractivity contribution in [2.75, 3.05) is 21.3 Å². The maximum Gasteiger partial charge on any atom is 0.433 e. The highest BCUT2D eigenvalue weighted by Crippen LogP contribution is 2.29. The number of rotatable bonds is 4. The van der Waals surface area contributed by atoms with Gasteiger partial charge in [-0.05, 0) is 44.9 Å². The molecule has 2 bridgehead atoms. The number of amides is 2. The summed E-state index contributed by atoms with van der Waals surface area (Å²) in [5.41, 5.74) is 0.802. The van der Waals surface area contributed by atoms with E-state index < -0.39 is 53.9 Å². The Hall–Kier alpha value is -3.67. The van der Waals surface area contributed by atoms with E-state index in [4.69, 9.17) is 18.9 Å². The Kier molecular flexibility index (Phi) is 12.6. The molecular weight excluding hydrogens is 532 g/mol. The lowest BCUT2D eigenvalue weighted by Crippen LogP contribution is -2.36. The highest BCUT2D eigenvalue weighted by molar-refractivity contribution is 6.23. The van der Waals surface area contributed by atoms with Gasteiger partial charge in [-0.25, -0.2) is 4.79 Å². The van der Waals surface area contributed by atoms with Crippen molar-refractivity contribution in [3.05, 3.63) is 58.6 Å². The minimum absolute atomic E-state index is 0.0809. The highest BCUT2D eigenvalue weighted by Gasteiger charge is 2.34. The monoisotopic (exact) mass is 572 g/mol. The molecule has 0 saturated carbocycles. The molecule has 2 amide bonds. The average Bonchev–Trinajstić information content (AvgIpc) is 2.94. The normalized spacial score (nSPS) is 32.1. The van der Waals surface area contributed by atoms with Crippen LogP contribution in [0.15, 0.2) is 63.5 Å².